The maximum Gasteiger partial charge on any atom is 0.417 e. The number of anilines is 1. The molecule has 2 aromatic carbocycles. The van der Waals surface area contributed by atoms with E-state index in [4.69, 9.17) is 11.6 Å². The standard InChI is InChI=1S/C18H18ClF3N2O2S/c1-13-3-2-4-14(11-13)23-7-9-24(10-8-23)27(25,26)15-5-6-17(19)16(12-15)18(20,21)22/h2-6,11-12H,7-10H2,1H3. The van der Waals surface area contributed by atoms with Crippen LogP contribution in [0.25, 0.3) is 0 Å². The number of aryl methyl sites for hydroxylation is 1. The van der Waals surface area contributed by atoms with Crippen LogP contribution in [-0.2, 0) is 16.2 Å². The summed E-state index contributed by atoms with van der Waals surface area (Å²) in [5, 5.41) is -0.522. The van der Waals surface area contributed by atoms with Crippen LogP contribution < -0.4 is 4.90 Å². The lowest BCUT2D eigenvalue weighted by atomic mass is 10.2. The van der Waals surface area contributed by atoms with Crippen molar-refractivity contribution < 1.29 is 21.6 Å². The average Bonchev–Trinajstić information content (AvgIpc) is 2.61. The highest BCUT2D eigenvalue weighted by atomic mass is 35.5. The van der Waals surface area contributed by atoms with Gasteiger partial charge in [-0.05, 0) is 42.8 Å². The van der Waals surface area contributed by atoms with Gasteiger partial charge in [0.15, 0.2) is 0 Å². The fraction of sp³-hybridized carbons (Fsp3) is 0.333. The molecule has 9 heteroatoms. The molecule has 4 nitrogen and oxygen atoms in total. The number of sulfonamides is 1. The van der Waals surface area contributed by atoms with Crippen LogP contribution in [0.5, 0.6) is 0 Å². The van der Waals surface area contributed by atoms with Crippen molar-refractivity contribution in [3.63, 3.8) is 0 Å². The van der Waals surface area contributed by atoms with Crippen LogP contribution in [0.15, 0.2) is 47.4 Å². The van der Waals surface area contributed by atoms with Gasteiger partial charge in [0.2, 0.25) is 10.0 Å². The van der Waals surface area contributed by atoms with E-state index in [1.54, 1.807) is 0 Å². The molecule has 0 N–H and O–H groups in total. The van der Waals surface area contributed by atoms with Gasteiger partial charge in [-0.15, -0.1) is 0 Å². The summed E-state index contributed by atoms with van der Waals surface area (Å²) in [5.74, 6) is 0. The Kier molecular flexibility index (Phi) is 5.42. The second-order valence-electron chi connectivity index (χ2n) is 6.37. The highest BCUT2D eigenvalue weighted by molar-refractivity contribution is 7.89. The van der Waals surface area contributed by atoms with E-state index in [0.29, 0.717) is 19.2 Å². The minimum Gasteiger partial charge on any atom is -0.369 e. The van der Waals surface area contributed by atoms with Crippen LogP contribution >= 0.6 is 11.6 Å². The molecule has 0 bridgehead atoms. The first-order valence-electron chi connectivity index (χ1n) is 8.27. The Morgan fingerprint density at radius 1 is 1.00 bits per heavy atom. The van der Waals surface area contributed by atoms with Gasteiger partial charge in [-0.25, -0.2) is 8.42 Å². The molecule has 27 heavy (non-hydrogen) atoms. The lowest BCUT2D eigenvalue weighted by Crippen LogP contribution is -2.48. The second kappa shape index (κ2) is 7.33. The smallest absolute Gasteiger partial charge is 0.369 e. The number of benzene rings is 2. The molecule has 3 rings (SSSR count). The zero-order chi connectivity index (χ0) is 19.8. The van der Waals surface area contributed by atoms with Crippen molar-refractivity contribution in [3.05, 3.63) is 58.6 Å². The molecule has 1 heterocycles. The molecule has 1 fully saturated rings. The van der Waals surface area contributed by atoms with Crippen molar-refractivity contribution in [2.45, 2.75) is 18.0 Å². The highest BCUT2D eigenvalue weighted by Crippen LogP contribution is 2.36. The molecule has 0 aliphatic carbocycles. The molecular weight excluding hydrogens is 401 g/mol. The monoisotopic (exact) mass is 418 g/mol. The number of hydrogen-bond donors (Lipinski definition) is 0. The number of hydrogen-bond acceptors (Lipinski definition) is 3. The Hall–Kier alpha value is -1.77. The molecule has 0 saturated carbocycles. The summed E-state index contributed by atoms with van der Waals surface area (Å²) in [4.78, 5) is 1.66. The zero-order valence-corrected chi connectivity index (χ0v) is 16.1. The molecule has 0 amide bonds. The van der Waals surface area contributed by atoms with Gasteiger partial charge in [-0.1, -0.05) is 23.7 Å². The first-order chi connectivity index (χ1) is 12.6. The minimum absolute atomic E-state index is 0.195. The number of rotatable bonds is 3. The Labute approximate surface area is 161 Å². The van der Waals surface area contributed by atoms with Gasteiger partial charge in [0.25, 0.3) is 0 Å². The molecule has 1 aliphatic heterocycles. The van der Waals surface area contributed by atoms with Gasteiger partial charge in [0, 0.05) is 31.9 Å². The van der Waals surface area contributed by atoms with E-state index in [9.17, 15) is 21.6 Å². The van der Waals surface area contributed by atoms with Crippen LogP contribution in [0.4, 0.5) is 18.9 Å². The number of halogens is 4. The molecule has 2 aromatic rings. The summed E-state index contributed by atoms with van der Waals surface area (Å²) < 4.78 is 65.8. The summed E-state index contributed by atoms with van der Waals surface area (Å²) >= 11 is 5.58. The van der Waals surface area contributed by atoms with Gasteiger partial charge >= 0.3 is 6.18 Å². The van der Waals surface area contributed by atoms with E-state index in [1.807, 2.05) is 31.2 Å². The lowest BCUT2D eigenvalue weighted by molar-refractivity contribution is -0.137. The third-order valence-corrected chi connectivity index (χ3v) is 6.71. The van der Waals surface area contributed by atoms with Crippen molar-refractivity contribution in [1.82, 2.24) is 4.31 Å². The molecule has 0 spiro atoms. The van der Waals surface area contributed by atoms with Gasteiger partial charge in [0.05, 0.1) is 15.5 Å². The van der Waals surface area contributed by atoms with Crippen LogP contribution in [0, 0.1) is 6.92 Å². The summed E-state index contributed by atoms with van der Waals surface area (Å²) in [6.45, 7) is 3.29. The summed E-state index contributed by atoms with van der Waals surface area (Å²) in [7, 11) is -4.03. The van der Waals surface area contributed by atoms with Crippen molar-refractivity contribution >= 4 is 27.3 Å². The summed E-state index contributed by atoms with van der Waals surface area (Å²) in [6.07, 6.45) is -4.72. The number of piperazine rings is 1. The number of alkyl halides is 3. The topological polar surface area (TPSA) is 40.6 Å². The zero-order valence-electron chi connectivity index (χ0n) is 14.5. The van der Waals surface area contributed by atoms with Crippen molar-refractivity contribution in [2.24, 2.45) is 0 Å². The van der Waals surface area contributed by atoms with Crippen LogP contribution in [0.2, 0.25) is 5.02 Å². The Balaban J connectivity index is 1.79. The van der Waals surface area contributed by atoms with Gasteiger partial charge in [-0.3, -0.25) is 0 Å². The van der Waals surface area contributed by atoms with E-state index in [1.165, 1.54) is 4.31 Å². The fourth-order valence-electron chi connectivity index (χ4n) is 3.04. The van der Waals surface area contributed by atoms with Gasteiger partial charge < -0.3 is 4.90 Å². The summed E-state index contributed by atoms with van der Waals surface area (Å²) in [6, 6.07) is 10.6. The van der Waals surface area contributed by atoms with Crippen LogP contribution in [0.3, 0.4) is 0 Å². The van der Waals surface area contributed by atoms with E-state index < -0.39 is 31.7 Å². The third kappa shape index (κ3) is 4.23. The number of nitrogens with zero attached hydrogens (tertiary/aromatic N) is 2. The molecule has 146 valence electrons. The Morgan fingerprint density at radius 2 is 1.67 bits per heavy atom. The first kappa shape index (κ1) is 20.0. The van der Waals surface area contributed by atoms with E-state index in [-0.39, 0.29) is 13.1 Å². The van der Waals surface area contributed by atoms with Crippen LogP contribution in [-0.4, -0.2) is 38.9 Å². The normalized spacial score (nSPS) is 16.6. The van der Waals surface area contributed by atoms with Crippen molar-refractivity contribution in [3.8, 4) is 0 Å². The fourth-order valence-corrected chi connectivity index (χ4v) is 4.72. The van der Waals surface area contributed by atoms with Gasteiger partial charge in [0.1, 0.15) is 0 Å². The molecule has 0 unspecified atom stereocenters. The van der Waals surface area contributed by atoms with E-state index in [2.05, 4.69) is 4.90 Å². The lowest BCUT2D eigenvalue weighted by Gasteiger charge is -2.35. The third-order valence-electron chi connectivity index (χ3n) is 4.49. The molecule has 0 radical (unpaired) electrons. The molecule has 0 aromatic heterocycles. The molecule has 1 aliphatic rings. The highest BCUT2D eigenvalue weighted by Gasteiger charge is 2.36. The molecular formula is C18H18ClF3N2O2S. The van der Waals surface area contributed by atoms with E-state index >= 15 is 0 Å². The first-order valence-corrected chi connectivity index (χ1v) is 10.1. The van der Waals surface area contributed by atoms with Gasteiger partial charge in [-0.2, -0.15) is 17.5 Å². The molecule has 1 saturated heterocycles. The van der Waals surface area contributed by atoms with Crippen LogP contribution in [0.1, 0.15) is 11.1 Å². The predicted molar refractivity (Wildman–Crippen MR) is 98.6 cm³/mol. The second-order valence-corrected chi connectivity index (χ2v) is 8.71. The van der Waals surface area contributed by atoms with E-state index in [0.717, 1.165) is 23.4 Å². The Morgan fingerprint density at radius 3 is 2.26 bits per heavy atom. The van der Waals surface area contributed by atoms with Crippen molar-refractivity contribution in [1.29, 1.82) is 0 Å². The maximum absolute atomic E-state index is 13.0. The van der Waals surface area contributed by atoms with Crippen molar-refractivity contribution in [2.75, 3.05) is 31.1 Å². The maximum atomic E-state index is 13.0. The average molecular weight is 419 g/mol. The quantitative estimate of drug-likeness (QED) is 0.750. The SMILES string of the molecule is Cc1cccc(N2CCN(S(=O)(=O)c3ccc(Cl)c(C(F)(F)F)c3)CC2)c1. The molecule has 0 atom stereocenters. The minimum atomic E-state index is -4.72. The Bertz CT molecular complexity index is 940. The summed E-state index contributed by atoms with van der Waals surface area (Å²) in [5.41, 5.74) is 0.949. The predicted octanol–water partition coefficient (Wildman–Crippen LogP) is 4.18. The largest absolute Gasteiger partial charge is 0.417 e.